The molecule has 0 saturated heterocycles. The van der Waals surface area contributed by atoms with Crippen LogP contribution in [0.4, 0.5) is 0 Å². The highest BCUT2D eigenvalue weighted by molar-refractivity contribution is 7.13. The first-order chi connectivity index (χ1) is 13.4. The fourth-order valence-electron chi connectivity index (χ4n) is 3.47. The molecule has 1 aromatic carbocycles. The van der Waals surface area contributed by atoms with Crippen LogP contribution >= 0.6 is 11.5 Å². The molecule has 0 aliphatic carbocycles. The summed E-state index contributed by atoms with van der Waals surface area (Å²) in [5.41, 5.74) is 1.94. The molecule has 0 atom stereocenters. The van der Waals surface area contributed by atoms with Gasteiger partial charge in [0.25, 0.3) is 5.56 Å². The summed E-state index contributed by atoms with van der Waals surface area (Å²) in [7, 11) is 0. The van der Waals surface area contributed by atoms with E-state index in [-0.39, 0.29) is 11.9 Å². The highest BCUT2D eigenvalue weighted by Gasteiger charge is 2.18. The van der Waals surface area contributed by atoms with Crippen molar-refractivity contribution in [3.8, 4) is 0 Å². The summed E-state index contributed by atoms with van der Waals surface area (Å²) >= 11 is 1.35. The van der Waals surface area contributed by atoms with E-state index in [9.17, 15) is 14.4 Å². The molecule has 142 valence electrons. The third kappa shape index (κ3) is 2.89. The van der Waals surface area contributed by atoms with E-state index in [0.29, 0.717) is 11.2 Å². The quantitative estimate of drug-likeness (QED) is 0.565. The Labute approximate surface area is 162 Å². The zero-order chi connectivity index (χ0) is 20.0. The molecule has 0 radical (unpaired) electrons. The molecule has 0 unspecified atom stereocenters. The second kappa shape index (κ2) is 6.68. The minimum atomic E-state index is -1.26. The van der Waals surface area contributed by atoms with Crippen LogP contribution < -0.4 is 11.2 Å². The smallest absolute Gasteiger partial charge is 0.332 e. The summed E-state index contributed by atoms with van der Waals surface area (Å²) in [5, 5.41) is 10.3. The van der Waals surface area contributed by atoms with Crippen molar-refractivity contribution in [2.75, 3.05) is 0 Å². The molecule has 4 rings (SSSR count). The molecule has 4 aromatic rings. The predicted octanol–water partition coefficient (Wildman–Crippen LogP) is 1.92. The first-order valence-electron chi connectivity index (χ1n) is 8.51. The number of pyridine rings is 1. The molecule has 0 saturated carbocycles. The van der Waals surface area contributed by atoms with Gasteiger partial charge in [-0.15, -0.1) is 0 Å². The summed E-state index contributed by atoms with van der Waals surface area (Å²) in [4.78, 5) is 40.6. The molecule has 0 bridgehead atoms. The Morgan fingerprint density at radius 2 is 2.00 bits per heavy atom. The van der Waals surface area contributed by atoms with Crippen LogP contribution in [0.1, 0.15) is 16.8 Å². The molecule has 3 aromatic heterocycles. The summed E-state index contributed by atoms with van der Waals surface area (Å²) < 4.78 is 7.64. The van der Waals surface area contributed by atoms with Crippen LogP contribution in [-0.4, -0.2) is 29.6 Å². The highest BCUT2D eigenvalue weighted by atomic mass is 32.1. The number of aliphatic carboxylic acids is 1. The third-order valence-corrected chi connectivity index (χ3v) is 5.44. The Hall–Kier alpha value is -3.33. The zero-order valence-electron chi connectivity index (χ0n) is 15.2. The van der Waals surface area contributed by atoms with E-state index in [0.717, 1.165) is 25.8 Å². The van der Waals surface area contributed by atoms with Gasteiger partial charge in [0.05, 0.1) is 27.8 Å². The van der Waals surface area contributed by atoms with E-state index in [1.54, 1.807) is 6.07 Å². The topological polar surface area (TPSA) is 107 Å². The number of carboxylic acid groups (broad SMARTS) is 1. The van der Waals surface area contributed by atoms with Gasteiger partial charge in [-0.1, -0.05) is 6.07 Å². The molecule has 0 aliphatic heterocycles. The number of aryl methyl sites for hydroxylation is 2. The molecule has 3 heterocycles. The number of hydrogen-bond acceptors (Lipinski definition) is 6. The minimum absolute atomic E-state index is 0.128. The average Bonchev–Trinajstić information content (AvgIpc) is 3.05. The van der Waals surface area contributed by atoms with Gasteiger partial charge in [0.1, 0.15) is 6.54 Å². The van der Waals surface area contributed by atoms with Gasteiger partial charge in [-0.25, -0.2) is 9.36 Å². The van der Waals surface area contributed by atoms with Crippen molar-refractivity contribution in [1.29, 1.82) is 0 Å². The van der Waals surface area contributed by atoms with E-state index in [1.165, 1.54) is 28.5 Å². The van der Waals surface area contributed by atoms with Gasteiger partial charge in [0, 0.05) is 17.8 Å². The summed E-state index contributed by atoms with van der Waals surface area (Å²) in [6, 6.07) is 5.67. The number of hydrogen-bond donors (Lipinski definition) is 1. The van der Waals surface area contributed by atoms with Crippen LogP contribution in [0, 0.1) is 13.8 Å². The number of nitrogens with zero attached hydrogens (tertiary/aromatic N) is 4. The van der Waals surface area contributed by atoms with Crippen LogP contribution in [-0.2, 0) is 17.9 Å². The lowest BCUT2D eigenvalue weighted by molar-refractivity contribution is -0.137. The van der Waals surface area contributed by atoms with Crippen molar-refractivity contribution in [2.24, 2.45) is 0 Å². The fourth-order valence-corrected chi connectivity index (χ4v) is 4.44. The highest BCUT2D eigenvalue weighted by Crippen LogP contribution is 2.28. The molecule has 0 fully saturated rings. The maximum atomic E-state index is 13.0. The standard InChI is InChI=1S/C19H16N4O4S/c1-10-5-11(2)17-13(21-28-15(17)6-10)8-22-14-3-4-20-7-12(14)18(26)23(19(22)27)9-16(24)25/h3-7H,8-9H2,1-2H3,(H,24,25). The Morgan fingerprint density at radius 1 is 1.21 bits per heavy atom. The van der Waals surface area contributed by atoms with Crippen LogP contribution in [0.2, 0.25) is 0 Å². The first kappa shape index (κ1) is 18.1. The Balaban J connectivity index is 1.98. The van der Waals surface area contributed by atoms with E-state index >= 15 is 0 Å². The van der Waals surface area contributed by atoms with E-state index < -0.39 is 23.8 Å². The van der Waals surface area contributed by atoms with Gasteiger partial charge in [-0.2, -0.15) is 4.37 Å². The van der Waals surface area contributed by atoms with Crippen molar-refractivity contribution < 1.29 is 9.90 Å². The molecule has 0 aliphatic rings. The van der Waals surface area contributed by atoms with Gasteiger partial charge in [-0.05, 0) is 48.6 Å². The maximum Gasteiger partial charge on any atom is 0.332 e. The van der Waals surface area contributed by atoms with E-state index in [1.807, 2.05) is 19.9 Å². The largest absolute Gasteiger partial charge is 0.480 e. The number of fused-ring (bicyclic) bond motifs is 2. The number of aromatic nitrogens is 4. The van der Waals surface area contributed by atoms with Crippen LogP contribution in [0.3, 0.4) is 0 Å². The predicted molar refractivity (Wildman–Crippen MR) is 106 cm³/mol. The van der Waals surface area contributed by atoms with Crippen LogP contribution in [0.5, 0.6) is 0 Å². The van der Waals surface area contributed by atoms with Gasteiger partial charge in [0.15, 0.2) is 0 Å². The van der Waals surface area contributed by atoms with Crippen LogP contribution in [0.15, 0.2) is 40.2 Å². The third-order valence-electron chi connectivity index (χ3n) is 4.61. The summed E-state index contributed by atoms with van der Waals surface area (Å²) in [5.74, 6) is -1.26. The number of carboxylic acids is 1. The second-order valence-electron chi connectivity index (χ2n) is 6.63. The second-order valence-corrected chi connectivity index (χ2v) is 7.44. The molecular weight excluding hydrogens is 380 g/mol. The molecule has 28 heavy (non-hydrogen) atoms. The van der Waals surface area contributed by atoms with Crippen molar-refractivity contribution in [3.63, 3.8) is 0 Å². The normalized spacial score (nSPS) is 11.4. The van der Waals surface area contributed by atoms with Crippen molar-refractivity contribution in [2.45, 2.75) is 26.9 Å². The molecule has 9 heteroatoms. The SMILES string of the molecule is Cc1cc(C)c2c(Cn3c(=O)n(CC(=O)O)c(=O)c4cnccc43)nsc2c1. The first-order valence-corrected chi connectivity index (χ1v) is 9.29. The molecule has 0 amide bonds. The Kier molecular flexibility index (Phi) is 4.31. The average molecular weight is 396 g/mol. The molecule has 1 N–H and O–H groups in total. The fraction of sp³-hybridized carbons (Fsp3) is 0.211. The van der Waals surface area contributed by atoms with Gasteiger partial charge in [-0.3, -0.25) is 19.1 Å². The van der Waals surface area contributed by atoms with Crippen LogP contribution in [0.25, 0.3) is 21.0 Å². The zero-order valence-corrected chi connectivity index (χ0v) is 16.0. The lowest BCUT2D eigenvalue weighted by atomic mass is 10.1. The summed E-state index contributed by atoms with van der Waals surface area (Å²) in [6.45, 7) is 3.42. The Bertz CT molecular complexity index is 1370. The van der Waals surface area contributed by atoms with Crippen molar-refractivity contribution >= 4 is 38.5 Å². The summed E-state index contributed by atoms with van der Waals surface area (Å²) in [6.07, 6.45) is 2.84. The monoisotopic (exact) mass is 396 g/mol. The number of benzene rings is 1. The molecule has 8 nitrogen and oxygen atoms in total. The van der Waals surface area contributed by atoms with E-state index in [4.69, 9.17) is 5.11 Å². The maximum absolute atomic E-state index is 13.0. The molecule has 0 spiro atoms. The van der Waals surface area contributed by atoms with Gasteiger partial charge < -0.3 is 5.11 Å². The van der Waals surface area contributed by atoms with Crippen molar-refractivity contribution in [3.05, 3.63) is 68.3 Å². The minimum Gasteiger partial charge on any atom is -0.480 e. The lowest BCUT2D eigenvalue weighted by Gasteiger charge is -2.12. The molecular formula is C19H16N4O4S. The number of carbonyl (C=O) groups is 1. The Morgan fingerprint density at radius 3 is 2.75 bits per heavy atom. The number of rotatable bonds is 4. The lowest BCUT2D eigenvalue weighted by Crippen LogP contribution is -2.42. The van der Waals surface area contributed by atoms with Gasteiger partial charge >= 0.3 is 11.7 Å². The van der Waals surface area contributed by atoms with Crippen molar-refractivity contribution in [1.82, 2.24) is 18.5 Å². The van der Waals surface area contributed by atoms with Gasteiger partial charge in [0.2, 0.25) is 0 Å². The van der Waals surface area contributed by atoms with E-state index in [2.05, 4.69) is 15.4 Å².